The van der Waals surface area contributed by atoms with E-state index >= 15 is 0 Å². The van der Waals surface area contributed by atoms with Gasteiger partial charge in [0, 0.05) is 5.92 Å². The van der Waals surface area contributed by atoms with Crippen LogP contribution in [0.3, 0.4) is 0 Å². The smallest absolute Gasteiger partial charge is 0.195 e. The van der Waals surface area contributed by atoms with Gasteiger partial charge in [0.05, 0.1) is 32.5 Å². The molecule has 182 valence electrons. The molecule has 1 aliphatic rings. The van der Waals surface area contributed by atoms with E-state index in [-0.39, 0.29) is 17.8 Å². The van der Waals surface area contributed by atoms with Gasteiger partial charge in [0.1, 0.15) is 5.76 Å². The minimum Gasteiger partial charge on any atom is -0.498 e. The molecule has 1 rings (SSSR count). The minimum absolute atomic E-state index is 0.0289. The summed E-state index contributed by atoms with van der Waals surface area (Å²) >= 11 is 0. The fraction of sp³-hybridized carbons (Fsp3) is 0.769. The number of methoxy groups -OCH3 is 1. The van der Waals surface area contributed by atoms with Crippen LogP contribution in [0.1, 0.15) is 86.5 Å². The summed E-state index contributed by atoms with van der Waals surface area (Å²) in [4.78, 5) is 0. The predicted molar refractivity (Wildman–Crippen MR) is 126 cm³/mol. The molecular formula is C26H46F2O3. The highest BCUT2D eigenvalue weighted by molar-refractivity contribution is 5.28. The van der Waals surface area contributed by atoms with Crippen LogP contribution in [-0.2, 0) is 14.2 Å². The van der Waals surface area contributed by atoms with Gasteiger partial charge < -0.3 is 14.2 Å². The number of rotatable bonds is 13. The van der Waals surface area contributed by atoms with E-state index in [9.17, 15) is 8.78 Å². The van der Waals surface area contributed by atoms with E-state index in [4.69, 9.17) is 14.2 Å². The summed E-state index contributed by atoms with van der Waals surface area (Å²) in [6.07, 6.45) is 8.67. The normalized spacial score (nSPS) is 22.4. The van der Waals surface area contributed by atoms with E-state index in [0.717, 1.165) is 45.1 Å². The second-order valence-corrected chi connectivity index (χ2v) is 8.15. The third kappa shape index (κ3) is 11.3. The third-order valence-electron chi connectivity index (χ3n) is 5.85. The fourth-order valence-corrected chi connectivity index (χ4v) is 3.67. The van der Waals surface area contributed by atoms with Crippen LogP contribution in [-0.4, -0.2) is 32.5 Å². The van der Waals surface area contributed by atoms with Crippen LogP contribution in [0.15, 0.2) is 35.6 Å². The lowest BCUT2D eigenvalue weighted by Gasteiger charge is -2.29. The van der Waals surface area contributed by atoms with Gasteiger partial charge in [0.25, 0.3) is 0 Å². The molecule has 3 nitrogen and oxygen atoms in total. The Kier molecular flexibility index (Phi) is 16.7. The zero-order valence-corrected chi connectivity index (χ0v) is 20.9. The zero-order valence-electron chi connectivity index (χ0n) is 20.9. The number of hydrogen-bond donors (Lipinski definition) is 0. The molecule has 1 saturated heterocycles. The summed E-state index contributed by atoms with van der Waals surface area (Å²) in [5.74, 6) is -1.32. The molecule has 4 unspecified atom stereocenters. The average Bonchev–Trinajstić information content (AvgIpc) is 2.81. The van der Waals surface area contributed by atoms with E-state index in [2.05, 4.69) is 6.58 Å². The molecule has 0 bridgehead atoms. The van der Waals surface area contributed by atoms with Crippen LogP contribution in [0.25, 0.3) is 0 Å². The SMILES string of the molecule is C=CCCC1CCC(COC(C)CCC(C)/C(CC)=C(F)/C(F)=C(\C)OC)CO1.CC. The van der Waals surface area contributed by atoms with E-state index in [1.54, 1.807) is 0 Å². The van der Waals surface area contributed by atoms with Crippen molar-refractivity contribution in [2.75, 3.05) is 20.3 Å². The molecule has 1 heterocycles. The maximum Gasteiger partial charge on any atom is 0.195 e. The monoisotopic (exact) mass is 444 g/mol. The Morgan fingerprint density at radius 3 is 2.35 bits per heavy atom. The molecule has 0 aromatic heterocycles. The summed E-state index contributed by atoms with van der Waals surface area (Å²) in [6, 6.07) is 0. The minimum atomic E-state index is -0.899. The molecule has 0 aromatic rings. The first-order valence-corrected chi connectivity index (χ1v) is 12.0. The average molecular weight is 445 g/mol. The van der Waals surface area contributed by atoms with Gasteiger partial charge in [-0.05, 0) is 70.3 Å². The Morgan fingerprint density at radius 1 is 1.16 bits per heavy atom. The van der Waals surface area contributed by atoms with Crippen molar-refractivity contribution in [3.05, 3.63) is 35.6 Å². The molecular weight excluding hydrogens is 398 g/mol. The Bertz CT molecular complexity index is 549. The van der Waals surface area contributed by atoms with Crippen LogP contribution in [0, 0.1) is 11.8 Å². The Hall–Kier alpha value is -1.20. The van der Waals surface area contributed by atoms with Gasteiger partial charge >= 0.3 is 0 Å². The maximum atomic E-state index is 14.5. The Balaban J connectivity index is 0.00000436. The van der Waals surface area contributed by atoms with Crippen molar-refractivity contribution in [2.24, 2.45) is 11.8 Å². The van der Waals surface area contributed by atoms with Crippen LogP contribution in [0.4, 0.5) is 8.78 Å². The largest absolute Gasteiger partial charge is 0.498 e. The van der Waals surface area contributed by atoms with E-state index in [1.165, 1.54) is 14.0 Å². The van der Waals surface area contributed by atoms with Gasteiger partial charge in [-0.15, -0.1) is 6.58 Å². The molecule has 0 saturated carbocycles. The highest BCUT2D eigenvalue weighted by Gasteiger charge is 2.23. The first kappa shape index (κ1) is 29.8. The highest BCUT2D eigenvalue weighted by atomic mass is 19.2. The van der Waals surface area contributed by atoms with Gasteiger partial charge in [-0.3, -0.25) is 0 Å². The van der Waals surface area contributed by atoms with Crippen molar-refractivity contribution in [3.8, 4) is 0 Å². The maximum absolute atomic E-state index is 14.5. The van der Waals surface area contributed by atoms with Gasteiger partial charge in [0.15, 0.2) is 11.7 Å². The van der Waals surface area contributed by atoms with Crippen molar-refractivity contribution in [1.29, 1.82) is 0 Å². The van der Waals surface area contributed by atoms with Crippen molar-refractivity contribution >= 4 is 0 Å². The molecule has 0 aromatic carbocycles. The van der Waals surface area contributed by atoms with Crippen molar-refractivity contribution in [3.63, 3.8) is 0 Å². The lowest BCUT2D eigenvalue weighted by atomic mass is 9.91. The van der Waals surface area contributed by atoms with Gasteiger partial charge in [-0.2, -0.15) is 0 Å². The first-order chi connectivity index (χ1) is 14.8. The molecule has 0 aliphatic carbocycles. The van der Waals surface area contributed by atoms with Crippen LogP contribution >= 0.6 is 0 Å². The molecule has 0 N–H and O–H groups in total. The second kappa shape index (κ2) is 17.4. The van der Waals surface area contributed by atoms with Gasteiger partial charge in [0.2, 0.25) is 0 Å². The standard InChI is InChI=1S/C24H40F2O3.C2H6/c1-7-9-10-21-14-13-20(16-29-21)15-28-18(4)12-11-17(3)22(8-2)24(26)23(25)19(5)27-6;1-2/h7,17-18,20-21H,1,8-16H2,2-6H3;1-2H3/b23-19-,24-22-;. The first-order valence-electron chi connectivity index (χ1n) is 12.0. The number of ether oxygens (including phenoxy) is 3. The Labute approximate surface area is 189 Å². The summed E-state index contributed by atoms with van der Waals surface area (Å²) in [5, 5.41) is 0. The molecule has 0 spiro atoms. The third-order valence-corrected chi connectivity index (χ3v) is 5.85. The van der Waals surface area contributed by atoms with Crippen LogP contribution in [0.5, 0.6) is 0 Å². The number of allylic oxidation sites excluding steroid dienone is 5. The van der Waals surface area contributed by atoms with Crippen LogP contribution in [0.2, 0.25) is 0 Å². The molecule has 1 aliphatic heterocycles. The lowest BCUT2D eigenvalue weighted by Crippen LogP contribution is -2.29. The highest BCUT2D eigenvalue weighted by Crippen LogP contribution is 2.31. The van der Waals surface area contributed by atoms with Crippen molar-refractivity contribution in [1.82, 2.24) is 0 Å². The number of hydrogen-bond acceptors (Lipinski definition) is 3. The summed E-state index contributed by atoms with van der Waals surface area (Å²) in [7, 11) is 1.34. The van der Waals surface area contributed by atoms with Gasteiger partial charge in [-0.1, -0.05) is 33.8 Å². The van der Waals surface area contributed by atoms with E-state index < -0.39 is 11.7 Å². The molecule has 4 atom stereocenters. The van der Waals surface area contributed by atoms with E-state index in [1.807, 2.05) is 40.7 Å². The van der Waals surface area contributed by atoms with Crippen LogP contribution < -0.4 is 0 Å². The molecule has 5 heteroatoms. The zero-order chi connectivity index (χ0) is 23.8. The topological polar surface area (TPSA) is 27.7 Å². The summed E-state index contributed by atoms with van der Waals surface area (Å²) < 4.78 is 45.3. The van der Waals surface area contributed by atoms with Gasteiger partial charge in [-0.25, -0.2) is 8.78 Å². The van der Waals surface area contributed by atoms with E-state index in [0.29, 0.717) is 30.6 Å². The molecule has 31 heavy (non-hydrogen) atoms. The summed E-state index contributed by atoms with van der Waals surface area (Å²) in [6.45, 7) is 16.5. The molecule has 1 fully saturated rings. The molecule has 0 amide bonds. The predicted octanol–water partition coefficient (Wildman–Crippen LogP) is 8.08. The molecule has 0 radical (unpaired) electrons. The quantitative estimate of drug-likeness (QED) is 0.163. The van der Waals surface area contributed by atoms with Crippen molar-refractivity contribution < 1.29 is 23.0 Å². The Morgan fingerprint density at radius 2 is 1.84 bits per heavy atom. The number of halogens is 2. The van der Waals surface area contributed by atoms with Crippen molar-refractivity contribution in [2.45, 2.75) is 98.7 Å². The second-order valence-electron chi connectivity index (χ2n) is 8.15. The summed E-state index contributed by atoms with van der Waals surface area (Å²) in [5.41, 5.74) is 0.498. The lowest BCUT2D eigenvalue weighted by molar-refractivity contribution is -0.0570. The fourth-order valence-electron chi connectivity index (χ4n) is 3.67.